The van der Waals surface area contributed by atoms with Crippen LogP contribution in [0.4, 0.5) is 4.39 Å². The highest BCUT2D eigenvalue weighted by Crippen LogP contribution is 2.32. The van der Waals surface area contributed by atoms with Crippen molar-refractivity contribution in [2.45, 2.75) is 30.0 Å². The molecule has 19 heavy (non-hydrogen) atoms. The quantitative estimate of drug-likeness (QED) is 0.847. The molecule has 4 nitrogen and oxygen atoms in total. The summed E-state index contributed by atoms with van der Waals surface area (Å²) in [6.45, 7) is 3.20. The van der Waals surface area contributed by atoms with Crippen LogP contribution >= 0.6 is 11.8 Å². The summed E-state index contributed by atoms with van der Waals surface area (Å²) in [5, 5.41) is 10.00. The van der Waals surface area contributed by atoms with Crippen LogP contribution in [-0.2, 0) is 0 Å². The third-order valence-corrected chi connectivity index (χ3v) is 3.45. The molecule has 100 valence electrons. The molecule has 1 aromatic heterocycles. The van der Waals surface area contributed by atoms with Crippen molar-refractivity contribution in [2.24, 2.45) is 0 Å². The van der Waals surface area contributed by atoms with Crippen LogP contribution in [0.3, 0.4) is 0 Å². The summed E-state index contributed by atoms with van der Waals surface area (Å²) < 4.78 is 13.7. The summed E-state index contributed by atoms with van der Waals surface area (Å²) >= 11 is 1.12. The van der Waals surface area contributed by atoms with E-state index < -0.39 is 11.9 Å². The van der Waals surface area contributed by atoms with Crippen LogP contribution in [0.2, 0.25) is 0 Å². The standard InChI is InChI=1S/C13H13FN2O2S/c1-7-6-11(18)16-13(15-7)19-10-5-3-4-9(14)12(10)8(2)17/h3-6,8,17H,1-2H3,(H,15,16,18). The van der Waals surface area contributed by atoms with Gasteiger partial charge in [-0.15, -0.1) is 0 Å². The van der Waals surface area contributed by atoms with Crippen molar-refractivity contribution in [2.75, 3.05) is 0 Å². The van der Waals surface area contributed by atoms with E-state index in [1.807, 2.05) is 0 Å². The van der Waals surface area contributed by atoms with Gasteiger partial charge in [-0.05, 0) is 26.0 Å². The van der Waals surface area contributed by atoms with Crippen molar-refractivity contribution < 1.29 is 9.50 Å². The first kappa shape index (κ1) is 13.8. The van der Waals surface area contributed by atoms with E-state index in [1.165, 1.54) is 19.1 Å². The molecule has 1 unspecified atom stereocenters. The SMILES string of the molecule is Cc1cc(=O)[nH]c(Sc2cccc(F)c2C(C)O)n1. The lowest BCUT2D eigenvalue weighted by Crippen LogP contribution is -2.08. The Morgan fingerprint density at radius 3 is 2.84 bits per heavy atom. The lowest BCUT2D eigenvalue weighted by molar-refractivity contribution is 0.191. The number of aromatic amines is 1. The second-order valence-corrected chi connectivity index (χ2v) is 5.15. The van der Waals surface area contributed by atoms with E-state index in [1.54, 1.807) is 19.1 Å². The van der Waals surface area contributed by atoms with Crippen LogP contribution in [0.5, 0.6) is 0 Å². The van der Waals surface area contributed by atoms with Gasteiger partial charge < -0.3 is 10.1 Å². The van der Waals surface area contributed by atoms with Crippen LogP contribution in [-0.4, -0.2) is 15.1 Å². The highest BCUT2D eigenvalue weighted by Gasteiger charge is 2.15. The third-order valence-electron chi connectivity index (χ3n) is 2.49. The highest BCUT2D eigenvalue weighted by atomic mass is 32.2. The molecular weight excluding hydrogens is 267 g/mol. The van der Waals surface area contributed by atoms with Gasteiger partial charge in [-0.25, -0.2) is 9.37 Å². The first-order chi connectivity index (χ1) is 8.97. The van der Waals surface area contributed by atoms with Crippen LogP contribution in [0.1, 0.15) is 24.3 Å². The Morgan fingerprint density at radius 2 is 2.21 bits per heavy atom. The van der Waals surface area contributed by atoms with Crippen molar-refractivity contribution in [1.82, 2.24) is 9.97 Å². The Bertz CT molecular complexity index is 655. The number of nitrogens with zero attached hydrogens (tertiary/aromatic N) is 1. The number of aryl methyl sites for hydroxylation is 1. The maximum atomic E-state index is 13.7. The van der Waals surface area contributed by atoms with Crippen LogP contribution in [0.25, 0.3) is 0 Å². The maximum absolute atomic E-state index is 13.7. The van der Waals surface area contributed by atoms with Gasteiger partial charge in [0.15, 0.2) is 5.16 Å². The molecule has 0 amide bonds. The number of aliphatic hydroxyl groups is 1. The van der Waals surface area contributed by atoms with E-state index in [4.69, 9.17) is 0 Å². The number of hydrogen-bond donors (Lipinski definition) is 2. The first-order valence-electron chi connectivity index (χ1n) is 5.69. The number of nitrogens with one attached hydrogen (secondary N) is 1. The second kappa shape index (κ2) is 5.54. The second-order valence-electron chi connectivity index (χ2n) is 4.12. The van der Waals surface area contributed by atoms with Gasteiger partial charge in [-0.2, -0.15) is 0 Å². The molecule has 6 heteroatoms. The minimum Gasteiger partial charge on any atom is -0.389 e. The molecule has 0 spiro atoms. The minimum atomic E-state index is -0.930. The Hall–Kier alpha value is -1.66. The van der Waals surface area contributed by atoms with Gasteiger partial charge in [-0.1, -0.05) is 17.8 Å². The van der Waals surface area contributed by atoms with Crippen molar-refractivity contribution in [3.63, 3.8) is 0 Å². The molecule has 0 radical (unpaired) electrons. The van der Waals surface area contributed by atoms with Crippen LogP contribution < -0.4 is 5.56 Å². The molecule has 0 aliphatic rings. The van der Waals surface area contributed by atoms with E-state index in [0.717, 1.165) is 11.8 Å². The Labute approximate surface area is 113 Å². The molecule has 0 fully saturated rings. The third kappa shape index (κ3) is 3.21. The van der Waals surface area contributed by atoms with Gasteiger partial charge in [0.2, 0.25) is 0 Å². The Balaban J connectivity index is 2.43. The van der Waals surface area contributed by atoms with Crippen molar-refractivity contribution >= 4 is 11.8 Å². The zero-order chi connectivity index (χ0) is 14.0. The highest BCUT2D eigenvalue weighted by molar-refractivity contribution is 7.99. The average molecular weight is 280 g/mol. The van der Waals surface area contributed by atoms with Crippen molar-refractivity contribution in [3.05, 3.63) is 51.7 Å². The summed E-state index contributed by atoms with van der Waals surface area (Å²) in [6.07, 6.45) is -0.930. The topological polar surface area (TPSA) is 66.0 Å². The van der Waals surface area contributed by atoms with Crippen LogP contribution in [0.15, 0.2) is 39.1 Å². The van der Waals surface area contributed by atoms with Crippen molar-refractivity contribution in [1.29, 1.82) is 0 Å². The van der Waals surface area contributed by atoms with Gasteiger partial charge in [0.25, 0.3) is 5.56 Å². The van der Waals surface area contributed by atoms with E-state index in [0.29, 0.717) is 15.7 Å². The lowest BCUT2D eigenvalue weighted by Gasteiger charge is -2.12. The first-order valence-corrected chi connectivity index (χ1v) is 6.51. The van der Waals surface area contributed by atoms with E-state index in [2.05, 4.69) is 9.97 Å². The molecule has 1 atom stereocenters. The zero-order valence-electron chi connectivity index (χ0n) is 10.5. The fourth-order valence-electron chi connectivity index (χ4n) is 1.72. The summed E-state index contributed by atoms with van der Waals surface area (Å²) in [5.41, 5.74) is 0.530. The number of halogens is 1. The summed E-state index contributed by atoms with van der Waals surface area (Å²) in [5.74, 6) is -0.477. The Kier molecular flexibility index (Phi) is 4.01. The fraction of sp³-hybridized carbons (Fsp3) is 0.231. The Morgan fingerprint density at radius 1 is 1.47 bits per heavy atom. The minimum absolute atomic E-state index is 0.205. The van der Waals surface area contributed by atoms with Crippen molar-refractivity contribution in [3.8, 4) is 0 Å². The summed E-state index contributed by atoms with van der Waals surface area (Å²) in [4.78, 5) is 18.6. The fourth-order valence-corrected chi connectivity index (χ4v) is 2.79. The average Bonchev–Trinajstić information content (AvgIpc) is 2.26. The molecule has 0 saturated heterocycles. The summed E-state index contributed by atoms with van der Waals surface area (Å²) in [7, 11) is 0. The maximum Gasteiger partial charge on any atom is 0.251 e. The number of benzene rings is 1. The number of H-pyrrole nitrogens is 1. The number of aromatic nitrogens is 2. The molecule has 2 aromatic rings. The monoisotopic (exact) mass is 280 g/mol. The number of rotatable bonds is 3. The molecule has 0 aliphatic carbocycles. The largest absolute Gasteiger partial charge is 0.389 e. The van der Waals surface area contributed by atoms with Gasteiger partial charge >= 0.3 is 0 Å². The van der Waals surface area contributed by atoms with E-state index in [-0.39, 0.29) is 11.1 Å². The predicted octanol–water partition coefficient (Wildman–Crippen LogP) is 2.42. The molecule has 2 N–H and O–H groups in total. The molecule has 1 aromatic carbocycles. The molecule has 2 rings (SSSR count). The molecule has 0 aliphatic heterocycles. The van der Waals surface area contributed by atoms with Crippen LogP contribution in [0, 0.1) is 12.7 Å². The van der Waals surface area contributed by atoms with E-state index >= 15 is 0 Å². The lowest BCUT2D eigenvalue weighted by atomic mass is 10.1. The molecule has 1 heterocycles. The number of aliphatic hydroxyl groups excluding tert-OH is 1. The zero-order valence-corrected chi connectivity index (χ0v) is 11.3. The van der Waals surface area contributed by atoms with Gasteiger partial charge in [0.1, 0.15) is 5.82 Å². The van der Waals surface area contributed by atoms with E-state index in [9.17, 15) is 14.3 Å². The van der Waals surface area contributed by atoms with Gasteiger partial charge in [0.05, 0.1) is 6.10 Å². The molecule has 0 saturated carbocycles. The number of hydrogen-bond acceptors (Lipinski definition) is 4. The smallest absolute Gasteiger partial charge is 0.251 e. The molecule has 0 bridgehead atoms. The normalized spacial score (nSPS) is 12.4. The van der Waals surface area contributed by atoms with Gasteiger partial charge in [0, 0.05) is 22.2 Å². The summed E-state index contributed by atoms with van der Waals surface area (Å²) in [6, 6.07) is 5.90. The van der Waals surface area contributed by atoms with Gasteiger partial charge in [-0.3, -0.25) is 4.79 Å². The predicted molar refractivity (Wildman–Crippen MR) is 70.8 cm³/mol. The molecular formula is C13H13FN2O2S.